The van der Waals surface area contributed by atoms with Gasteiger partial charge in [-0.2, -0.15) is 5.10 Å². The van der Waals surface area contributed by atoms with Crippen LogP contribution in [0.25, 0.3) is 0 Å². The molecule has 2 N–H and O–H groups in total. The Morgan fingerprint density at radius 3 is 1.93 bits per heavy atom. The number of nitrogens with zero attached hydrogens (tertiary/aromatic N) is 1. The lowest BCUT2D eigenvalue weighted by Gasteiger charge is -2.14. The zero-order chi connectivity index (χ0) is 30.9. The van der Waals surface area contributed by atoms with E-state index in [1.54, 1.807) is 42.5 Å². The predicted molar refractivity (Wildman–Crippen MR) is 163 cm³/mol. The molecule has 0 aromatic heterocycles. The highest BCUT2D eigenvalue weighted by molar-refractivity contribution is 6.31. The van der Waals surface area contributed by atoms with Gasteiger partial charge in [0.1, 0.15) is 5.75 Å². The van der Waals surface area contributed by atoms with E-state index in [1.165, 1.54) is 51.8 Å². The number of carbonyl (C=O) groups excluding carboxylic acids is 3. The van der Waals surface area contributed by atoms with Gasteiger partial charge in [0.2, 0.25) is 5.75 Å². The zero-order valence-corrected chi connectivity index (χ0v) is 24.5. The van der Waals surface area contributed by atoms with Crippen LogP contribution < -0.4 is 29.7 Å². The monoisotopic (exact) mass is 601 g/mol. The third-order valence-corrected chi connectivity index (χ3v) is 6.40. The van der Waals surface area contributed by atoms with Gasteiger partial charge in [-0.3, -0.25) is 9.59 Å². The number of hydrogen-bond donors (Lipinski definition) is 2. The quantitative estimate of drug-likeness (QED) is 0.100. The maximum atomic E-state index is 13.0. The van der Waals surface area contributed by atoms with E-state index in [0.717, 1.165) is 5.56 Å². The minimum Gasteiger partial charge on any atom is -0.493 e. The minimum atomic E-state index is -0.699. The van der Waals surface area contributed by atoms with Gasteiger partial charge >= 0.3 is 5.97 Å². The predicted octanol–water partition coefficient (Wildman–Crippen LogP) is 5.91. The fourth-order valence-corrected chi connectivity index (χ4v) is 4.09. The molecule has 0 fully saturated rings. The Bertz CT molecular complexity index is 1640. The molecule has 0 atom stereocenters. The first kappa shape index (κ1) is 30.6. The van der Waals surface area contributed by atoms with E-state index < -0.39 is 11.9 Å². The number of halogens is 1. The molecule has 0 unspecified atom stereocenters. The lowest BCUT2D eigenvalue weighted by molar-refractivity contribution is 0.0733. The fourth-order valence-electron chi connectivity index (χ4n) is 3.91. The van der Waals surface area contributed by atoms with Crippen LogP contribution in [0, 0.1) is 6.92 Å². The Morgan fingerprint density at radius 1 is 0.721 bits per heavy atom. The van der Waals surface area contributed by atoms with E-state index in [2.05, 4.69) is 15.8 Å². The molecule has 4 aromatic carbocycles. The smallest absolute Gasteiger partial charge is 0.343 e. The number of anilines is 1. The van der Waals surface area contributed by atoms with Crippen molar-refractivity contribution in [2.45, 2.75) is 6.92 Å². The summed E-state index contributed by atoms with van der Waals surface area (Å²) in [7, 11) is 4.33. The number of carbonyl (C=O) groups is 3. The molecule has 220 valence electrons. The van der Waals surface area contributed by atoms with E-state index >= 15 is 0 Å². The molecule has 0 radical (unpaired) electrons. The molecule has 0 aliphatic heterocycles. The van der Waals surface area contributed by atoms with Crippen molar-refractivity contribution < 1.29 is 33.3 Å². The molecule has 11 heteroatoms. The van der Waals surface area contributed by atoms with Crippen LogP contribution in [0.2, 0.25) is 5.02 Å². The lowest BCUT2D eigenvalue weighted by atomic mass is 10.1. The van der Waals surface area contributed by atoms with E-state index in [0.29, 0.717) is 33.1 Å². The standard InChI is InChI=1S/C32H28ClN3O7/c1-19-5-7-20(8-6-19)30(37)35-25-12-9-21(10-13-25)31(38)36-34-18-23-15-24(33)11-14-26(23)43-32(39)22-16-27(40-2)29(42-4)28(17-22)41-3/h5-18H,1-4H3,(H,35,37)(H,36,38)/b34-18+. The van der Waals surface area contributed by atoms with Gasteiger partial charge in [-0.25, -0.2) is 10.2 Å². The highest BCUT2D eigenvalue weighted by Crippen LogP contribution is 2.38. The summed E-state index contributed by atoms with van der Waals surface area (Å²) in [5, 5.41) is 7.15. The molecule has 0 bridgehead atoms. The highest BCUT2D eigenvalue weighted by atomic mass is 35.5. The Labute approximate surface area is 253 Å². The number of rotatable bonds is 10. The summed E-state index contributed by atoms with van der Waals surface area (Å²) in [4.78, 5) is 38.1. The average molecular weight is 602 g/mol. The molecule has 2 amide bonds. The van der Waals surface area contributed by atoms with E-state index in [1.807, 2.05) is 19.1 Å². The van der Waals surface area contributed by atoms with Crippen LogP contribution >= 0.6 is 11.6 Å². The number of hydrogen-bond acceptors (Lipinski definition) is 8. The number of nitrogens with one attached hydrogen (secondary N) is 2. The fraction of sp³-hybridized carbons (Fsp3) is 0.125. The summed E-state index contributed by atoms with van der Waals surface area (Å²) in [6.45, 7) is 1.94. The molecule has 0 saturated heterocycles. The Balaban J connectivity index is 1.42. The number of ether oxygens (including phenoxy) is 4. The summed E-state index contributed by atoms with van der Waals surface area (Å²) < 4.78 is 21.5. The summed E-state index contributed by atoms with van der Waals surface area (Å²) in [5.74, 6) is -0.397. The topological polar surface area (TPSA) is 125 Å². The summed E-state index contributed by atoms with van der Waals surface area (Å²) in [6.07, 6.45) is 1.30. The summed E-state index contributed by atoms with van der Waals surface area (Å²) >= 11 is 6.15. The second-order valence-corrected chi connectivity index (χ2v) is 9.52. The largest absolute Gasteiger partial charge is 0.493 e. The van der Waals surface area contributed by atoms with Crippen molar-refractivity contribution >= 4 is 41.3 Å². The Hall–Kier alpha value is -5.35. The van der Waals surface area contributed by atoms with Crippen LogP contribution in [0.1, 0.15) is 42.2 Å². The minimum absolute atomic E-state index is 0.148. The second kappa shape index (κ2) is 14.0. The van der Waals surface area contributed by atoms with E-state index in [-0.39, 0.29) is 28.7 Å². The van der Waals surface area contributed by atoms with Gasteiger partial charge in [0.05, 0.1) is 33.1 Å². The molecule has 0 aliphatic rings. The second-order valence-electron chi connectivity index (χ2n) is 9.08. The van der Waals surface area contributed by atoms with Crippen LogP contribution in [-0.4, -0.2) is 45.3 Å². The maximum absolute atomic E-state index is 13.0. The molecule has 0 saturated carbocycles. The van der Waals surface area contributed by atoms with Crippen molar-refractivity contribution in [1.82, 2.24) is 5.43 Å². The van der Waals surface area contributed by atoms with Gasteiger partial charge in [-0.1, -0.05) is 29.3 Å². The molecular formula is C32H28ClN3O7. The summed E-state index contributed by atoms with van der Waals surface area (Å²) in [6, 6.07) is 21.0. The van der Waals surface area contributed by atoms with Gasteiger partial charge in [-0.05, 0) is 73.7 Å². The van der Waals surface area contributed by atoms with Crippen molar-refractivity contribution in [3.63, 3.8) is 0 Å². The third-order valence-electron chi connectivity index (χ3n) is 6.16. The molecule has 0 spiro atoms. The lowest BCUT2D eigenvalue weighted by Crippen LogP contribution is -2.18. The number of esters is 1. The molecule has 43 heavy (non-hydrogen) atoms. The van der Waals surface area contributed by atoms with Crippen LogP contribution in [0.15, 0.2) is 84.0 Å². The Kier molecular flexibility index (Phi) is 9.98. The SMILES string of the molecule is COc1cc(C(=O)Oc2ccc(Cl)cc2/C=N/NC(=O)c2ccc(NC(=O)c3ccc(C)cc3)cc2)cc(OC)c1OC. The van der Waals surface area contributed by atoms with Gasteiger partial charge in [0.25, 0.3) is 11.8 Å². The van der Waals surface area contributed by atoms with Gasteiger partial charge in [-0.15, -0.1) is 0 Å². The molecular weight excluding hydrogens is 574 g/mol. The van der Waals surface area contributed by atoms with Gasteiger partial charge < -0.3 is 24.3 Å². The first-order valence-electron chi connectivity index (χ1n) is 12.9. The Morgan fingerprint density at radius 2 is 1.33 bits per heavy atom. The van der Waals surface area contributed by atoms with Gasteiger partial charge in [0, 0.05) is 27.4 Å². The molecule has 0 aliphatic carbocycles. The molecule has 4 aromatic rings. The molecule has 10 nitrogen and oxygen atoms in total. The number of aryl methyl sites for hydroxylation is 1. The number of methoxy groups -OCH3 is 3. The van der Waals surface area contributed by atoms with Crippen LogP contribution in [-0.2, 0) is 0 Å². The molecule has 4 rings (SSSR count). The first-order valence-corrected chi connectivity index (χ1v) is 13.2. The summed E-state index contributed by atoms with van der Waals surface area (Å²) in [5.41, 5.74) is 5.33. The number of hydrazone groups is 1. The number of benzene rings is 4. The van der Waals surface area contributed by atoms with Gasteiger partial charge in [0.15, 0.2) is 11.5 Å². The first-order chi connectivity index (χ1) is 20.7. The highest BCUT2D eigenvalue weighted by Gasteiger charge is 2.19. The van der Waals surface area contributed by atoms with E-state index in [4.69, 9.17) is 30.5 Å². The van der Waals surface area contributed by atoms with Crippen LogP contribution in [0.5, 0.6) is 23.0 Å². The van der Waals surface area contributed by atoms with Crippen LogP contribution in [0.3, 0.4) is 0 Å². The zero-order valence-electron chi connectivity index (χ0n) is 23.8. The normalized spacial score (nSPS) is 10.6. The van der Waals surface area contributed by atoms with Crippen molar-refractivity contribution in [1.29, 1.82) is 0 Å². The molecule has 0 heterocycles. The third kappa shape index (κ3) is 7.69. The maximum Gasteiger partial charge on any atom is 0.343 e. The van der Waals surface area contributed by atoms with Crippen molar-refractivity contribution in [2.24, 2.45) is 5.10 Å². The van der Waals surface area contributed by atoms with Crippen LogP contribution in [0.4, 0.5) is 5.69 Å². The van der Waals surface area contributed by atoms with E-state index in [9.17, 15) is 14.4 Å². The van der Waals surface area contributed by atoms with Crippen molar-refractivity contribution in [3.05, 3.63) is 112 Å². The van der Waals surface area contributed by atoms with Crippen molar-refractivity contribution in [2.75, 3.05) is 26.6 Å². The van der Waals surface area contributed by atoms with Crippen molar-refractivity contribution in [3.8, 4) is 23.0 Å². The average Bonchev–Trinajstić information content (AvgIpc) is 3.01. The number of amides is 2.